The average molecular weight is 976 g/mol. The molecule has 0 saturated heterocycles. The molecule has 0 rings (SSSR count). The number of carbonyl (C=O) groups is 3. The summed E-state index contributed by atoms with van der Waals surface area (Å²) in [5.41, 5.74) is 0. The summed E-state index contributed by atoms with van der Waals surface area (Å²) < 4.78 is 16.9. The van der Waals surface area contributed by atoms with Gasteiger partial charge in [-0.05, 0) is 19.3 Å². The van der Waals surface area contributed by atoms with Crippen LogP contribution in [0.25, 0.3) is 0 Å². The minimum atomic E-state index is -0.762. The fraction of sp³-hybridized carbons (Fsp3) is 0.952. The van der Waals surface area contributed by atoms with Gasteiger partial charge >= 0.3 is 17.9 Å². The number of hydrogen-bond acceptors (Lipinski definition) is 6. The summed E-state index contributed by atoms with van der Waals surface area (Å²) in [4.78, 5) is 38.2. The minimum Gasteiger partial charge on any atom is -0.462 e. The second-order valence-corrected chi connectivity index (χ2v) is 21.7. The fourth-order valence-electron chi connectivity index (χ4n) is 9.86. The predicted octanol–water partition coefficient (Wildman–Crippen LogP) is 21.1. The van der Waals surface area contributed by atoms with Crippen LogP contribution in [0.15, 0.2) is 0 Å². The molecule has 0 aliphatic rings. The maximum Gasteiger partial charge on any atom is 0.306 e. The van der Waals surface area contributed by atoms with Crippen molar-refractivity contribution in [2.45, 2.75) is 374 Å². The molecule has 0 aliphatic heterocycles. The van der Waals surface area contributed by atoms with Gasteiger partial charge in [0, 0.05) is 19.3 Å². The Hall–Kier alpha value is -1.59. The Balaban J connectivity index is 4.24. The van der Waals surface area contributed by atoms with Crippen molar-refractivity contribution in [1.82, 2.24) is 0 Å². The Morgan fingerprint density at radius 2 is 0.391 bits per heavy atom. The quantitative estimate of drug-likeness (QED) is 0.0343. The first kappa shape index (κ1) is 67.4. The van der Waals surface area contributed by atoms with E-state index in [1.165, 1.54) is 270 Å². The Kier molecular flexibility index (Phi) is 57.6. The highest BCUT2D eigenvalue weighted by molar-refractivity contribution is 5.71. The zero-order chi connectivity index (χ0) is 50.0. The smallest absolute Gasteiger partial charge is 0.306 e. The zero-order valence-electron chi connectivity index (χ0n) is 47.1. The van der Waals surface area contributed by atoms with E-state index in [9.17, 15) is 14.4 Å². The number of rotatable bonds is 59. The van der Waals surface area contributed by atoms with E-state index in [4.69, 9.17) is 14.2 Å². The molecule has 0 aromatic heterocycles. The molecule has 0 fully saturated rings. The van der Waals surface area contributed by atoms with Crippen LogP contribution in [0.4, 0.5) is 0 Å². The molecule has 0 heterocycles. The van der Waals surface area contributed by atoms with Gasteiger partial charge in [0.15, 0.2) is 6.10 Å². The van der Waals surface area contributed by atoms with Crippen LogP contribution in [0.3, 0.4) is 0 Å². The Morgan fingerprint density at radius 3 is 0.580 bits per heavy atom. The van der Waals surface area contributed by atoms with Crippen LogP contribution in [0.1, 0.15) is 367 Å². The van der Waals surface area contributed by atoms with Gasteiger partial charge in [-0.15, -0.1) is 0 Å². The first-order valence-corrected chi connectivity index (χ1v) is 31.5. The molecule has 0 N–H and O–H groups in total. The van der Waals surface area contributed by atoms with Gasteiger partial charge in [0.05, 0.1) is 0 Å². The normalized spacial score (nSPS) is 11.9. The molecule has 1 unspecified atom stereocenters. The van der Waals surface area contributed by atoms with Crippen LogP contribution in [0.5, 0.6) is 0 Å². The maximum absolute atomic E-state index is 12.9. The highest BCUT2D eigenvalue weighted by Crippen LogP contribution is 2.18. The molecule has 0 radical (unpaired) electrons. The second kappa shape index (κ2) is 59.0. The Bertz CT molecular complexity index is 1030. The molecule has 0 saturated carbocycles. The van der Waals surface area contributed by atoms with E-state index in [1.54, 1.807) is 0 Å². The van der Waals surface area contributed by atoms with E-state index >= 15 is 0 Å². The molecule has 0 aliphatic carbocycles. The monoisotopic (exact) mass is 975 g/mol. The van der Waals surface area contributed by atoms with Gasteiger partial charge in [-0.3, -0.25) is 14.4 Å². The molecule has 6 nitrogen and oxygen atoms in total. The second-order valence-electron chi connectivity index (χ2n) is 21.7. The summed E-state index contributed by atoms with van der Waals surface area (Å²) in [5, 5.41) is 0. The largest absolute Gasteiger partial charge is 0.462 e. The molecular formula is C63H122O6. The van der Waals surface area contributed by atoms with Gasteiger partial charge in [-0.1, -0.05) is 329 Å². The van der Waals surface area contributed by atoms with Crippen molar-refractivity contribution in [3.8, 4) is 0 Å². The lowest BCUT2D eigenvalue weighted by Crippen LogP contribution is -2.30. The van der Waals surface area contributed by atoms with Crippen molar-refractivity contribution >= 4 is 17.9 Å². The van der Waals surface area contributed by atoms with E-state index in [0.717, 1.165) is 57.8 Å². The average Bonchev–Trinajstić information content (AvgIpc) is 3.35. The van der Waals surface area contributed by atoms with Crippen LogP contribution in [0, 0.1) is 0 Å². The summed E-state index contributed by atoms with van der Waals surface area (Å²) in [6, 6.07) is 0. The van der Waals surface area contributed by atoms with Crippen LogP contribution in [-0.2, 0) is 28.6 Å². The molecule has 69 heavy (non-hydrogen) atoms. The number of esters is 3. The first-order valence-electron chi connectivity index (χ1n) is 31.5. The van der Waals surface area contributed by atoms with E-state index in [0.29, 0.717) is 19.3 Å². The first-order chi connectivity index (χ1) is 34.0. The van der Waals surface area contributed by atoms with Crippen molar-refractivity contribution in [3.05, 3.63) is 0 Å². The molecule has 410 valence electrons. The van der Waals surface area contributed by atoms with Gasteiger partial charge in [0.1, 0.15) is 13.2 Å². The molecule has 1 atom stereocenters. The number of ether oxygens (including phenoxy) is 3. The Morgan fingerprint density at radius 1 is 0.232 bits per heavy atom. The van der Waals surface area contributed by atoms with Crippen LogP contribution < -0.4 is 0 Å². The lowest BCUT2D eigenvalue weighted by Gasteiger charge is -2.18. The zero-order valence-corrected chi connectivity index (χ0v) is 47.1. The summed E-state index contributed by atoms with van der Waals surface area (Å²) >= 11 is 0. The van der Waals surface area contributed by atoms with Crippen LogP contribution in [0.2, 0.25) is 0 Å². The number of carbonyl (C=O) groups excluding carboxylic acids is 3. The van der Waals surface area contributed by atoms with Gasteiger partial charge in [-0.2, -0.15) is 0 Å². The predicted molar refractivity (Wildman–Crippen MR) is 298 cm³/mol. The van der Waals surface area contributed by atoms with Crippen LogP contribution in [-0.4, -0.2) is 37.2 Å². The van der Waals surface area contributed by atoms with Crippen LogP contribution >= 0.6 is 0 Å². The lowest BCUT2D eigenvalue weighted by molar-refractivity contribution is -0.167. The summed E-state index contributed by atoms with van der Waals surface area (Å²) in [6.07, 6.45) is 66.7. The fourth-order valence-corrected chi connectivity index (χ4v) is 9.86. The standard InChI is InChI=1S/C63H122O6/c1-4-7-10-13-16-19-22-25-28-30-31-32-33-34-36-38-41-44-47-50-53-56-62(65)68-59-60(58-67-61(64)55-52-49-46-43-40-37-27-24-21-18-15-12-9-6-3)69-63(66)57-54-51-48-45-42-39-35-29-26-23-20-17-14-11-8-5-2/h60H,4-59H2,1-3H3. The van der Waals surface area contributed by atoms with E-state index in [-0.39, 0.29) is 31.1 Å². The summed E-state index contributed by atoms with van der Waals surface area (Å²) in [6.45, 7) is 6.72. The van der Waals surface area contributed by atoms with Gasteiger partial charge in [-0.25, -0.2) is 0 Å². The maximum atomic E-state index is 12.9. The third kappa shape index (κ3) is 57.2. The SMILES string of the molecule is CCCCCCCCCCCCCCCCCCCCCCCC(=O)OCC(COC(=O)CCCCCCCCCCCCCCCC)OC(=O)CCCCCCCCCCCCCCCCCC. The van der Waals surface area contributed by atoms with Gasteiger partial charge in [0.25, 0.3) is 0 Å². The van der Waals surface area contributed by atoms with Crippen molar-refractivity contribution in [2.75, 3.05) is 13.2 Å². The van der Waals surface area contributed by atoms with Crippen molar-refractivity contribution < 1.29 is 28.6 Å². The number of unbranched alkanes of at least 4 members (excludes halogenated alkanes) is 48. The molecule has 0 aromatic rings. The third-order valence-electron chi connectivity index (χ3n) is 14.6. The third-order valence-corrected chi connectivity index (χ3v) is 14.6. The molecular weight excluding hydrogens is 853 g/mol. The van der Waals surface area contributed by atoms with E-state index < -0.39 is 6.10 Å². The highest BCUT2D eigenvalue weighted by Gasteiger charge is 2.19. The molecule has 0 bridgehead atoms. The Labute approximate surface area is 431 Å². The topological polar surface area (TPSA) is 78.9 Å². The van der Waals surface area contributed by atoms with Crippen molar-refractivity contribution in [3.63, 3.8) is 0 Å². The minimum absolute atomic E-state index is 0.0606. The summed E-state index contributed by atoms with van der Waals surface area (Å²) in [7, 11) is 0. The van der Waals surface area contributed by atoms with Gasteiger partial charge < -0.3 is 14.2 Å². The van der Waals surface area contributed by atoms with Crippen molar-refractivity contribution in [1.29, 1.82) is 0 Å². The molecule has 0 aromatic carbocycles. The number of hydrogen-bond donors (Lipinski definition) is 0. The van der Waals surface area contributed by atoms with E-state index in [1.807, 2.05) is 0 Å². The molecule has 6 heteroatoms. The van der Waals surface area contributed by atoms with Crippen molar-refractivity contribution in [2.24, 2.45) is 0 Å². The highest BCUT2D eigenvalue weighted by atomic mass is 16.6. The summed E-state index contributed by atoms with van der Waals surface area (Å²) in [5.74, 6) is -0.826. The van der Waals surface area contributed by atoms with Gasteiger partial charge in [0.2, 0.25) is 0 Å². The molecule has 0 spiro atoms. The lowest BCUT2D eigenvalue weighted by atomic mass is 10.0. The van der Waals surface area contributed by atoms with E-state index in [2.05, 4.69) is 20.8 Å². The molecule has 0 amide bonds.